The zero-order valence-electron chi connectivity index (χ0n) is 11.5. The van der Waals surface area contributed by atoms with Crippen molar-refractivity contribution < 1.29 is 9.85 Å². The Morgan fingerprint density at radius 3 is 2.32 bits per heavy atom. The van der Waals surface area contributed by atoms with E-state index in [9.17, 15) is 20.2 Å². The molecule has 112 valence electrons. The number of hydrogen-bond donors (Lipinski definition) is 1. The van der Waals surface area contributed by atoms with Gasteiger partial charge in [0.25, 0.3) is 5.69 Å². The molecule has 3 rings (SSSR count). The van der Waals surface area contributed by atoms with E-state index in [1.165, 1.54) is 12.1 Å². The number of nitrogens with one attached hydrogen (secondary N) is 1. The van der Waals surface area contributed by atoms with Crippen LogP contribution in [0.25, 0.3) is 0 Å². The number of anilines is 1. The average Bonchev–Trinajstić information content (AvgIpc) is 2.53. The fourth-order valence-electron chi connectivity index (χ4n) is 2.75. The second-order valence-electron chi connectivity index (χ2n) is 5.18. The second-order valence-corrected chi connectivity index (χ2v) is 5.18. The molecule has 22 heavy (non-hydrogen) atoms. The summed E-state index contributed by atoms with van der Waals surface area (Å²) < 4.78 is 0. The molecule has 7 nitrogen and oxygen atoms in total. The summed E-state index contributed by atoms with van der Waals surface area (Å²) in [5.74, 6) is 0. The molecular weight excluding hydrogens is 286 g/mol. The number of para-hydroxylation sites is 1. The SMILES string of the molecule is O=[N+]([O-])c1ccc([C@H]2Nc3ccccc3C[C@@H]2[N+](=O)[O-])cc1. The molecule has 1 aliphatic heterocycles. The first-order valence-electron chi connectivity index (χ1n) is 6.78. The van der Waals surface area contributed by atoms with Crippen LogP contribution in [-0.2, 0) is 6.42 Å². The summed E-state index contributed by atoms with van der Waals surface area (Å²) in [7, 11) is 0. The Kier molecular flexibility index (Phi) is 3.46. The van der Waals surface area contributed by atoms with Crippen LogP contribution >= 0.6 is 0 Å². The van der Waals surface area contributed by atoms with Gasteiger partial charge in [-0.2, -0.15) is 0 Å². The number of non-ortho nitro benzene ring substituents is 1. The van der Waals surface area contributed by atoms with Gasteiger partial charge in [-0.3, -0.25) is 20.2 Å². The van der Waals surface area contributed by atoms with Crippen molar-refractivity contribution in [2.75, 3.05) is 5.32 Å². The van der Waals surface area contributed by atoms with Gasteiger partial charge < -0.3 is 5.32 Å². The first-order valence-corrected chi connectivity index (χ1v) is 6.78. The van der Waals surface area contributed by atoms with Crippen LogP contribution in [0.15, 0.2) is 48.5 Å². The number of nitro groups is 2. The van der Waals surface area contributed by atoms with E-state index in [0.29, 0.717) is 12.0 Å². The monoisotopic (exact) mass is 299 g/mol. The molecule has 2 aromatic rings. The molecule has 7 heteroatoms. The van der Waals surface area contributed by atoms with E-state index in [0.717, 1.165) is 11.3 Å². The molecule has 1 aliphatic rings. The zero-order chi connectivity index (χ0) is 15.7. The Morgan fingerprint density at radius 2 is 1.68 bits per heavy atom. The number of rotatable bonds is 3. The van der Waals surface area contributed by atoms with E-state index in [2.05, 4.69) is 5.32 Å². The minimum atomic E-state index is -0.809. The second kappa shape index (κ2) is 5.44. The van der Waals surface area contributed by atoms with Crippen molar-refractivity contribution in [1.82, 2.24) is 0 Å². The zero-order valence-corrected chi connectivity index (χ0v) is 11.5. The Hall–Kier alpha value is -2.96. The van der Waals surface area contributed by atoms with Crippen LogP contribution in [0.5, 0.6) is 0 Å². The summed E-state index contributed by atoms with van der Waals surface area (Å²) >= 11 is 0. The van der Waals surface area contributed by atoms with Crippen molar-refractivity contribution in [3.05, 3.63) is 79.9 Å². The molecule has 1 heterocycles. The van der Waals surface area contributed by atoms with Gasteiger partial charge >= 0.3 is 0 Å². The fraction of sp³-hybridized carbons (Fsp3) is 0.200. The lowest BCUT2D eigenvalue weighted by atomic mass is 9.89. The largest absolute Gasteiger partial charge is 0.372 e. The molecule has 0 spiro atoms. The Balaban J connectivity index is 1.97. The van der Waals surface area contributed by atoms with Gasteiger partial charge in [0.2, 0.25) is 6.04 Å². The lowest BCUT2D eigenvalue weighted by Gasteiger charge is -2.29. The Labute approximate surface area is 125 Å². The number of nitrogens with zero attached hydrogens (tertiary/aromatic N) is 2. The smallest absolute Gasteiger partial charge is 0.269 e. The standard InChI is InChI=1S/C15H13N3O4/c19-17(20)12-7-5-10(6-8-12)15-14(18(21)22)9-11-3-1-2-4-13(11)16-15/h1-8,14-16H,9H2/t14-,15+/m0/s1. The summed E-state index contributed by atoms with van der Waals surface area (Å²) in [6.07, 6.45) is 0.331. The van der Waals surface area contributed by atoms with E-state index in [4.69, 9.17) is 0 Å². The van der Waals surface area contributed by atoms with E-state index in [-0.39, 0.29) is 10.6 Å². The Bertz CT molecular complexity index is 730. The van der Waals surface area contributed by atoms with Crippen LogP contribution < -0.4 is 5.32 Å². The van der Waals surface area contributed by atoms with Crippen LogP contribution in [0.4, 0.5) is 11.4 Å². The number of fused-ring (bicyclic) bond motifs is 1. The van der Waals surface area contributed by atoms with Gasteiger partial charge in [-0.25, -0.2) is 0 Å². The van der Waals surface area contributed by atoms with Crippen LogP contribution in [0.3, 0.4) is 0 Å². The number of benzene rings is 2. The average molecular weight is 299 g/mol. The van der Waals surface area contributed by atoms with Crippen molar-refractivity contribution in [2.24, 2.45) is 0 Å². The highest BCUT2D eigenvalue weighted by Crippen LogP contribution is 2.34. The maximum absolute atomic E-state index is 11.4. The lowest BCUT2D eigenvalue weighted by molar-refractivity contribution is -0.525. The molecule has 2 atom stereocenters. The maximum atomic E-state index is 11.4. The summed E-state index contributed by atoms with van der Waals surface area (Å²) in [4.78, 5) is 21.3. The molecule has 1 N–H and O–H groups in total. The van der Waals surface area contributed by atoms with E-state index >= 15 is 0 Å². The third-order valence-electron chi connectivity index (χ3n) is 3.88. The fourth-order valence-corrected chi connectivity index (χ4v) is 2.75. The van der Waals surface area contributed by atoms with Crippen molar-refractivity contribution in [2.45, 2.75) is 18.5 Å². The first-order chi connectivity index (χ1) is 10.6. The molecule has 0 amide bonds. The molecule has 0 unspecified atom stereocenters. The predicted molar refractivity (Wildman–Crippen MR) is 80.4 cm³/mol. The van der Waals surface area contributed by atoms with Crippen LogP contribution in [0.2, 0.25) is 0 Å². The van der Waals surface area contributed by atoms with Gasteiger partial charge in [0.15, 0.2) is 0 Å². The molecule has 0 aliphatic carbocycles. The molecule has 0 radical (unpaired) electrons. The van der Waals surface area contributed by atoms with E-state index in [1.54, 1.807) is 12.1 Å². The van der Waals surface area contributed by atoms with E-state index < -0.39 is 17.0 Å². The van der Waals surface area contributed by atoms with Crippen molar-refractivity contribution >= 4 is 11.4 Å². The van der Waals surface area contributed by atoms with Gasteiger partial charge in [-0.05, 0) is 29.3 Å². The third kappa shape index (κ3) is 2.48. The van der Waals surface area contributed by atoms with Gasteiger partial charge in [0, 0.05) is 29.2 Å². The maximum Gasteiger partial charge on any atom is 0.269 e. The highest BCUT2D eigenvalue weighted by molar-refractivity contribution is 5.56. The molecule has 0 saturated heterocycles. The topological polar surface area (TPSA) is 98.3 Å². The number of nitro benzene ring substituents is 1. The summed E-state index contributed by atoms with van der Waals surface area (Å²) in [5, 5.41) is 25.3. The minimum absolute atomic E-state index is 0.0300. The van der Waals surface area contributed by atoms with Gasteiger partial charge in [-0.15, -0.1) is 0 Å². The predicted octanol–water partition coefficient (Wildman–Crippen LogP) is 2.95. The summed E-state index contributed by atoms with van der Waals surface area (Å²) in [6.45, 7) is 0. The molecule has 0 fully saturated rings. The molecule has 0 aromatic heterocycles. The van der Waals surface area contributed by atoms with Gasteiger partial charge in [0.1, 0.15) is 6.04 Å². The molecule has 0 bridgehead atoms. The van der Waals surface area contributed by atoms with Gasteiger partial charge in [0.05, 0.1) is 4.92 Å². The number of hydrogen-bond acceptors (Lipinski definition) is 5. The van der Waals surface area contributed by atoms with E-state index in [1.807, 2.05) is 24.3 Å². The highest BCUT2D eigenvalue weighted by Gasteiger charge is 2.37. The summed E-state index contributed by atoms with van der Waals surface area (Å²) in [6, 6.07) is 12.0. The third-order valence-corrected chi connectivity index (χ3v) is 3.88. The molecule has 2 aromatic carbocycles. The summed E-state index contributed by atoms with van der Waals surface area (Å²) in [5.41, 5.74) is 2.41. The molecule has 0 saturated carbocycles. The Morgan fingerprint density at radius 1 is 1.00 bits per heavy atom. The first kappa shape index (κ1) is 14.0. The van der Waals surface area contributed by atoms with Crippen LogP contribution in [0.1, 0.15) is 17.2 Å². The highest BCUT2D eigenvalue weighted by atomic mass is 16.6. The van der Waals surface area contributed by atoms with Crippen LogP contribution in [0, 0.1) is 20.2 Å². The quantitative estimate of drug-likeness (QED) is 0.694. The van der Waals surface area contributed by atoms with Crippen molar-refractivity contribution in [3.8, 4) is 0 Å². The molecular formula is C15H13N3O4. The normalized spacial score (nSPS) is 19.8. The van der Waals surface area contributed by atoms with Crippen molar-refractivity contribution in [3.63, 3.8) is 0 Å². The van der Waals surface area contributed by atoms with Crippen LogP contribution in [-0.4, -0.2) is 15.9 Å². The van der Waals surface area contributed by atoms with Gasteiger partial charge in [-0.1, -0.05) is 18.2 Å². The lowest BCUT2D eigenvalue weighted by Crippen LogP contribution is -2.38. The van der Waals surface area contributed by atoms with Crippen molar-refractivity contribution in [1.29, 1.82) is 0 Å². The minimum Gasteiger partial charge on any atom is -0.372 e.